The summed E-state index contributed by atoms with van der Waals surface area (Å²) in [6, 6.07) is 18.9. The molecule has 1 aromatic heterocycles. The van der Waals surface area contributed by atoms with E-state index in [0.29, 0.717) is 16.8 Å². The van der Waals surface area contributed by atoms with Crippen LogP contribution in [0, 0.1) is 18.3 Å². The Labute approximate surface area is 153 Å². The molecule has 1 amide bonds. The molecule has 0 saturated heterocycles. The summed E-state index contributed by atoms with van der Waals surface area (Å²) in [4.78, 5) is 14.9. The number of amides is 1. The van der Waals surface area contributed by atoms with Gasteiger partial charge in [0.05, 0.1) is 34.8 Å². The summed E-state index contributed by atoms with van der Waals surface area (Å²) >= 11 is 0. The van der Waals surface area contributed by atoms with Crippen LogP contribution < -0.4 is 4.90 Å². The Balaban J connectivity index is 2.01. The van der Waals surface area contributed by atoms with Crippen molar-refractivity contribution in [3.8, 4) is 11.8 Å². The van der Waals surface area contributed by atoms with Gasteiger partial charge < -0.3 is 4.90 Å². The number of hydrogen-bond donors (Lipinski definition) is 0. The van der Waals surface area contributed by atoms with Gasteiger partial charge in [0.2, 0.25) is 0 Å². The van der Waals surface area contributed by atoms with Crippen LogP contribution in [-0.4, -0.2) is 21.7 Å². The maximum absolute atomic E-state index is 13.2. The molecule has 0 saturated carbocycles. The second-order valence-corrected chi connectivity index (χ2v) is 6.32. The predicted octanol–water partition coefficient (Wildman–Crippen LogP) is 4.11. The van der Waals surface area contributed by atoms with E-state index in [1.807, 2.05) is 57.2 Å². The number of carbonyl (C=O) groups is 1. The number of nitrogens with zero attached hydrogens (tertiary/aromatic N) is 4. The van der Waals surface area contributed by atoms with Crippen LogP contribution in [-0.2, 0) is 0 Å². The van der Waals surface area contributed by atoms with Crippen molar-refractivity contribution in [2.24, 2.45) is 0 Å². The maximum Gasteiger partial charge on any atom is 0.261 e. The van der Waals surface area contributed by atoms with Crippen LogP contribution in [0.3, 0.4) is 0 Å². The van der Waals surface area contributed by atoms with Crippen LogP contribution in [0.15, 0.2) is 60.8 Å². The van der Waals surface area contributed by atoms with Crippen molar-refractivity contribution in [2.75, 3.05) is 4.90 Å². The lowest BCUT2D eigenvalue weighted by molar-refractivity contribution is 0.0979. The Bertz CT molecular complexity index is 967. The predicted molar refractivity (Wildman–Crippen MR) is 101 cm³/mol. The van der Waals surface area contributed by atoms with Crippen molar-refractivity contribution < 1.29 is 4.79 Å². The van der Waals surface area contributed by atoms with Gasteiger partial charge in [0.25, 0.3) is 5.91 Å². The van der Waals surface area contributed by atoms with Crippen LogP contribution in [0.1, 0.15) is 35.5 Å². The molecular weight excluding hydrogens is 324 g/mol. The Morgan fingerprint density at radius 2 is 1.88 bits per heavy atom. The van der Waals surface area contributed by atoms with E-state index in [0.717, 1.165) is 11.4 Å². The highest BCUT2D eigenvalue weighted by Gasteiger charge is 2.24. The van der Waals surface area contributed by atoms with Crippen molar-refractivity contribution in [2.45, 2.75) is 26.8 Å². The van der Waals surface area contributed by atoms with Gasteiger partial charge in [0.1, 0.15) is 0 Å². The number of para-hydroxylation sites is 1. The fraction of sp³-hybridized carbons (Fsp3) is 0.190. The van der Waals surface area contributed by atoms with Crippen molar-refractivity contribution in [3.63, 3.8) is 0 Å². The normalized spacial score (nSPS) is 10.6. The molecule has 130 valence electrons. The fourth-order valence-corrected chi connectivity index (χ4v) is 2.95. The van der Waals surface area contributed by atoms with Crippen LogP contribution in [0.5, 0.6) is 0 Å². The SMILES string of the molecule is Cc1c(C(=O)N(c2cccc(C#N)c2)C(C)C)cnn1-c1ccccc1. The standard InChI is InChI=1S/C21H20N4O/c1-15(2)24(19-11-7-8-17(12-19)13-22)21(26)20-14-23-25(16(20)3)18-9-5-4-6-10-18/h4-12,14-15H,1-3H3. The third-order valence-electron chi connectivity index (χ3n) is 4.23. The molecule has 0 bridgehead atoms. The van der Waals surface area contributed by atoms with Crippen LogP contribution in [0.2, 0.25) is 0 Å². The summed E-state index contributed by atoms with van der Waals surface area (Å²) in [5.74, 6) is -0.130. The van der Waals surface area contributed by atoms with E-state index >= 15 is 0 Å². The third-order valence-corrected chi connectivity index (χ3v) is 4.23. The van der Waals surface area contributed by atoms with Crippen LogP contribution in [0.4, 0.5) is 5.69 Å². The van der Waals surface area contributed by atoms with E-state index in [4.69, 9.17) is 5.26 Å². The minimum atomic E-state index is -0.130. The molecule has 0 N–H and O–H groups in total. The topological polar surface area (TPSA) is 61.9 Å². The first kappa shape index (κ1) is 17.4. The van der Waals surface area contributed by atoms with E-state index in [1.54, 1.807) is 34.0 Å². The lowest BCUT2D eigenvalue weighted by atomic mass is 10.1. The summed E-state index contributed by atoms with van der Waals surface area (Å²) in [6.07, 6.45) is 1.61. The Hall–Kier alpha value is -3.39. The van der Waals surface area contributed by atoms with E-state index in [9.17, 15) is 4.79 Å². The number of aromatic nitrogens is 2. The molecule has 1 heterocycles. The monoisotopic (exact) mass is 344 g/mol. The first-order valence-corrected chi connectivity index (χ1v) is 8.46. The largest absolute Gasteiger partial charge is 0.306 e. The molecule has 26 heavy (non-hydrogen) atoms. The van der Waals surface area contributed by atoms with Crippen molar-refractivity contribution in [3.05, 3.63) is 77.6 Å². The van der Waals surface area contributed by atoms with Gasteiger partial charge in [-0.1, -0.05) is 24.3 Å². The summed E-state index contributed by atoms with van der Waals surface area (Å²) in [5, 5.41) is 13.5. The summed E-state index contributed by atoms with van der Waals surface area (Å²) < 4.78 is 1.76. The van der Waals surface area contributed by atoms with E-state index < -0.39 is 0 Å². The molecule has 5 nitrogen and oxygen atoms in total. The van der Waals surface area contributed by atoms with Gasteiger partial charge in [-0.2, -0.15) is 10.4 Å². The highest BCUT2D eigenvalue weighted by Crippen LogP contribution is 2.23. The number of anilines is 1. The first-order valence-electron chi connectivity index (χ1n) is 8.46. The second kappa shape index (κ2) is 7.24. The number of hydrogen-bond acceptors (Lipinski definition) is 3. The van der Waals surface area contributed by atoms with Gasteiger partial charge in [-0.05, 0) is 51.1 Å². The van der Waals surface area contributed by atoms with Gasteiger partial charge in [-0.3, -0.25) is 4.79 Å². The Kier molecular flexibility index (Phi) is 4.85. The summed E-state index contributed by atoms with van der Waals surface area (Å²) in [6.45, 7) is 5.79. The molecule has 0 aliphatic heterocycles. The molecule has 0 aliphatic rings. The van der Waals surface area contributed by atoms with E-state index in [2.05, 4.69) is 11.2 Å². The lowest BCUT2D eigenvalue weighted by Gasteiger charge is -2.27. The van der Waals surface area contributed by atoms with Crippen molar-refractivity contribution in [1.82, 2.24) is 9.78 Å². The molecule has 0 spiro atoms. The zero-order chi connectivity index (χ0) is 18.7. The number of rotatable bonds is 4. The van der Waals surface area contributed by atoms with Crippen LogP contribution in [0.25, 0.3) is 5.69 Å². The average Bonchev–Trinajstić information content (AvgIpc) is 3.04. The van der Waals surface area contributed by atoms with Gasteiger partial charge in [0, 0.05) is 11.7 Å². The molecule has 0 aliphatic carbocycles. The molecule has 0 atom stereocenters. The average molecular weight is 344 g/mol. The van der Waals surface area contributed by atoms with Gasteiger partial charge in [-0.15, -0.1) is 0 Å². The van der Waals surface area contributed by atoms with Gasteiger partial charge in [0.15, 0.2) is 0 Å². The second-order valence-electron chi connectivity index (χ2n) is 6.32. The van der Waals surface area contributed by atoms with E-state index in [1.165, 1.54) is 0 Å². The molecule has 5 heteroatoms. The zero-order valence-corrected chi connectivity index (χ0v) is 15.0. The highest BCUT2D eigenvalue weighted by molar-refractivity contribution is 6.07. The highest BCUT2D eigenvalue weighted by atomic mass is 16.2. The molecule has 3 rings (SSSR count). The molecule has 0 radical (unpaired) electrons. The molecule has 0 unspecified atom stereocenters. The smallest absolute Gasteiger partial charge is 0.261 e. The van der Waals surface area contributed by atoms with Gasteiger partial charge >= 0.3 is 0 Å². The van der Waals surface area contributed by atoms with E-state index in [-0.39, 0.29) is 11.9 Å². The minimum Gasteiger partial charge on any atom is -0.306 e. The Morgan fingerprint density at radius 1 is 1.15 bits per heavy atom. The van der Waals surface area contributed by atoms with Gasteiger partial charge in [-0.25, -0.2) is 4.68 Å². The Morgan fingerprint density at radius 3 is 2.54 bits per heavy atom. The summed E-state index contributed by atoms with van der Waals surface area (Å²) in [7, 11) is 0. The number of benzene rings is 2. The lowest BCUT2D eigenvalue weighted by Crippen LogP contribution is -2.37. The molecule has 2 aromatic carbocycles. The number of nitriles is 1. The van der Waals surface area contributed by atoms with Crippen molar-refractivity contribution >= 4 is 11.6 Å². The molecular formula is C21H20N4O. The minimum absolute atomic E-state index is 0.0593. The zero-order valence-electron chi connectivity index (χ0n) is 15.0. The summed E-state index contributed by atoms with van der Waals surface area (Å²) in [5.41, 5.74) is 3.47. The number of carbonyl (C=O) groups excluding carboxylic acids is 1. The molecule has 0 fully saturated rings. The first-order chi connectivity index (χ1) is 12.5. The molecule has 3 aromatic rings. The quantitative estimate of drug-likeness (QED) is 0.715. The van der Waals surface area contributed by atoms with Crippen molar-refractivity contribution in [1.29, 1.82) is 5.26 Å². The fourth-order valence-electron chi connectivity index (χ4n) is 2.95. The van der Waals surface area contributed by atoms with Crippen LogP contribution >= 0.6 is 0 Å². The third kappa shape index (κ3) is 3.22. The maximum atomic E-state index is 13.2.